The van der Waals surface area contributed by atoms with Crippen molar-refractivity contribution in [2.75, 3.05) is 13.7 Å². The maximum Gasteiger partial charge on any atom is 0.432 e. The van der Waals surface area contributed by atoms with Crippen LogP contribution in [0.5, 0.6) is 11.5 Å². The van der Waals surface area contributed by atoms with Crippen molar-refractivity contribution in [1.82, 2.24) is 4.90 Å². The van der Waals surface area contributed by atoms with Crippen LogP contribution in [0.2, 0.25) is 34.8 Å². The molecular weight excluding hydrogens is 666 g/mol. The second-order valence-electron chi connectivity index (χ2n) is 14.0. The van der Waals surface area contributed by atoms with E-state index in [4.69, 9.17) is 13.6 Å². The number of nitrogens with zero attached hydrogens (tertiary/aromatic N) is 2. The Hall–Kier alpha value is -2.48. The van der Waals surface area contributed by atoms with Gasteiger partial charge in [-0.1, -0.05) is 62.3 Å². The first-order valence-corrected chi connectivity index (χ1v) is 21.4. The van der Waals surface area contributed by atoms with Gasteiger partial charge in [-0.15, -0.1) is 0 Å². The predicted octanol–water partition coefficient (Wildman–Crippen LogP) is 8.06. The zero-order chi connectivity index (χ0) is 36.0. The summed E-state index contributed by atoms with van der Waals surface area (Å²) >= 11 is 0. The van der Waals surface area contributed by atoms with Crippen molar-refractivity contribution in [3.63, 3.8) is 0 Å². The van der Waals surface area contributed by atoms with Crippen LogP contribution in [0.15, 0.2) is 22.7 Å². The van der Waals surface area contributed by atoms with Gasteiger partial charge in [0.25, 0.3) is 30.0 Å². The molecule has 1 atom stereocenters. The number of benzene rings is 1. The minimum atomic E-state index is -5.44. The largest absolute Gasteiger partial charge is 0.540 e. The van der Waals surface area contributed by atoms with Crippen LogP contribution in [-0.2, 0) is 14.5 Å². The Kier molecular flexibility index (Phi) is 11.7. The lowest BCUT2D eigenvalue weighted by atomic mass is 10.1. The molecule has 46 heavy (non-hydrogen) atoms. The van der Waals surface area contributed by atoms with Crippen LogP contribution in [0.25, 0.3) is 0 Å². The molecule has 0 aromatic heterocycles. The van der Waals surface area contributed by atoms with Crippen LogP contribution in [0.4, 0.5) is 18.9 Å². The van der Waals surface area contributed by atoms with E-state index in [-0.39, 0.29) is 33.0 Å². The van der Waals surface area contributed by atoms with Crippen molar-refractivity contribution < 1.29 is 49.4 Å². The number of rotatable bonds is 12. The van der Waals surface area contributed by atoms with Crippen LogP contribution < -0.4 is 9.16 Å². The van der Waals surface area contributed by atoms with Crippen molar-refractivity contribution in [2.24, 2.45) is 0 Å². The molecule has 0 aliphatic carbocycles. The van der Waals surface area contributed by atoms with E-state index in [1.165, 1.54) is 7.11 Å². The molecule has 1 heterocycles. The molecule has 0 spiro atoms. The van der Waals surface area contributed by atoms with Crippen LogP contribution in [0.1, 0.15) is 79.1 Å². The van der Waals surface area contributed by atoms with Gasteiger partial charge in [-0.05, 0) is 34.8 Å². The van der Waals surface area contributed by atoms with Crippen molar-refractivity contribution in [3.05, 3.63) is 38.4 Å². The van der Waals surface area contributed by atoms with Crippen LogP contribution >= 0.6 is 0 Å². The molecule has 1 aliphatic heterocycles. The van der Waals surface area contributed by atoms with Crippen LogP contribution in [-0.4, -0.2) is 71.3 Å². The molecule has 1 N–H and O–H groups in total. The molecule has 262 valence electrons. The summed E-state index contributed by atoms with van der Waals surface area (Å²) in [6, 6.07) is 0.361. The number of allylic oxidation sites excluding steroid dienone is 1. The predicted molar refractivity (Wildman–Crippen MR) is 174 cm³/mol. The zero-order valence-corrected chi connectivity index (χ0v) is 31.3. The topological polar surface area (TPSA) is 146 Å². The molecule has 0 unspecified atom stereocenters. The van der Waals surface area contributed by atoms with Crippen molar-refractivity contribution in [3.8, 4) is 11.5 Å². The summed E-state index contributed by atoms with van der Waals surface area (Å²) in [5.74, 6) is -1.65. The summed E-state index contributed by atoms with van der Waals surface area (Å²) in [6.45, 7) is 20.7. The number of ether oxygens (including phenoxy) is 1. The number of hydrogen-bond acceptors (Lipinski definition) is 8. The number of halogens is 3. The Bertz CT molecular complexity index is 1450. The number of nitro groups is 1. The second-order valence-corrected chi connectivity index (χ2v) is 25.7. The van der Waals surface area contributed by atoms with Crippen LogP contribution in [0, 0.1) is 10.1 Å². The van der Waals surface area contributed by atoms with Crippen molar-refractivity contribution in [1.29, 1.82) is 0 Å². The maximum atomic E-state index is 14.6. The molecule has 0 saturated carbocycles. The van der Waals surface area contributed by atoms with E-state index < -0.39 is 89.7 Å². The first-order chi connectivity index (χ1) is 20.6. The van der Waals surface area contributed by atoms with Crippen LogP contribution in [0.3, 0.4) is 0 Å². The highest BCUT2D eigenvalue weighted by molar-refractivity contribution is 7.89. The SMILES string of the molecule is COc1cc(C(=O)N2C(C(F)(F)F)=C(S(=O)(=O)O)C[C@H]2CO[Si](C)(C)C(C)(C)C)c([N+](=O)[O-])cc1O[Si](C(C)C)(C(C)C)C(C)C. The van der Waals surface area contributed by atoms with E-state index in [0.717, 1.165) is 12.1 Å². The Balaban J connectivity index is 2.87. The first kappa shape index (κ1) is 39.7. The summed E-state index contributed by atoms with van der Waals surface area (Å²) in [7, 11) is -9.58. The summed E-state index contributed by atoms with van der Waals surface area (Å²) < 4.78 is 96.0. The van der Waals surface area contributed by atoms with E-state index in [1.807, 2.05) is 75.4 Å². The highest BCUT2D eigenvalue weighted by Crippen LogP contribution is 2.48. The van der Waals surface area contributed by atoms with Gasteiger partial charge in [0.15, 0.2) is 19.8 Å². The smallest absolute Gasteiger partial charge is 0.432 e. The zero-order valence-electron chi connectivity index (χ0n) is 28.5. The first-order valence-electron chi connectivity index (χ1n) is 15.0. The minimum absolute atomic E-state index is 0.0297. The molecule has 2 rings (SSSR count). The Morgan fingerprint density at radius 2 is 1.57 bits per heavy atom. The molecule has 1 aromatic rings. The number of hydrogen-bond donors (Lipinski definition) is 1. The molecule has 17 heteroatoms. The second kappa shape index (κ2) is 13.6. The quantitative estimate of drug-likeness (QED) is 0.0984. The summed E-state index contributed by atoms with van der Waals surface area (Å²) in [4.78, 5) is 24.3. The lowest BCUT2D eigenvalue weighted by Gasteiger charge is -2.42. The number of carbonyl (C=O) groups excluding carboxylic acids is 1. The fourth-order valence-electron chi connectivity index (χ4n) is 5.95. The van der Waals surface area contributed by atoms with E-state index in [1.54, 1.807) is 0 Å². The van der Waals surface area contributed by atoms with E-state index in [2.05, 4.69) is 0 Å². The molecular formula is C29H47F3N2O9SSi2. The third-order valence-electron chi connectivity index (χ3n) is 9.24. The highest BCUT2D eigenvalue weighted by Gasteiger charge is 2.54. The molecule has 0 radical (unpaired) electrons. The molecule has 1 aliphatic rings. The Morgan fingerprint density at radius 3 is 1.93 bits per heavy atom. The molecule has 0 saturated heterocycles. The number of methoxy groups -OCH3 is 1. The van der Waals surface area contributed by atoms with Gasteiger partial charge in [-0.25, -0.2) is 0 Å². The monoisotopic (exact) mass is 712 g/mol. The average Bonchev–Trinajstić information content (AvgIpc) is 3.29. The van der Waals surface area contributed by atoms with Crippen molar-refractivity contribution >= 4 is 38.3 Å². The number of amides is 1. The van der Waals surface area contributed by atoms with Gasteiger partial charge in [-0.2, -0.15) is 21.6 Å². The minimum Gasteiger partial charge on any atom is -0.540 e. The lowest BCUT2D eigenvalue weighted by molar-refractivity contribution is -0.385. The third kappa shape index (κ3) is 7.80. The summed E-state index contributed by atoms with van der Waals surface area (Å²) in [5.41, 5.74) is -3.43. The molecule has 0 bridgehead atoms. The Labute approximate surface area is 271 Å². The van der Waals surface area contributed by atoms with Gasteiger partial charge in [0.1, 0.15) is 16.2 Å². The number of nitro benzene ring substituents is 1. The standard InChI is InChI=1S/C29H47F3N2O9SSi2/c1-17(2)46(18(3)4,19(5)6)43-24-15-22(34(36)37)21(14-23(24)41-10)27(35)33-20(16-42-45(11,12)28(7,8)9)13-25(44(38,39)40)26(33)29(30,31)32/h14-15,17-20H,13,16H2,1-12H3,(H,38,39,40)/t20-/m0/s1. The number of carbonyl (C=O) groups is 1. The lowest BCUT2D eigenvalue weighted by Crippen LogP contribution is -2.50. The number of alkyl halides is 3. The van der Waals surface area contributed by atoms with Gasteiger partial charge in [0, 0.05) is 12.5 Å². The van der Waals surface area contributed by atoms with Gasteiger partial charge in [0.2, 0.25) is 0 Å². The third-order valence-corrected chi connectivity index (χ3v) is 20.7. The molecule has 11 nitrogen and oxygen atoms in total. The normalized spacial score (nSPS) is 17.0. The highest BCUT2D eigenvalue weighted by atomic mass is 32.2. The summed E-state index contributed by atoms with van der Waals surface area (Å²) in [6.07, 6.45) is -6.35. The van der Waals surface area contributed by atoms with Gasteiger partial charge in [-0.3, -0.25) is 24.4 Å². The molecule has 0 fully saturated rings. The van der Waals surface area contributed by atoms with E-state index in [9.17, 15) is 41.1 Å². The molecule has 1 aromatic carbocycles. The Morgan fingerprint density at radius 1 is 1.07 bits per heavy atom. The fraction of sp³-hybridized carbons (Fsp3) is 0.690. The van der Waals surface area contributed by atoms with Crippen molar-refractivity contribution in [2.45, 2.75) is 116 Å². The fourth-order valence-corrected chi connectivity index (χ4v) is 13.1. The van der Waals surface area contributed by atoms with Gasteiger partial charge < -0.3 is 13.6 Å². The van der Waals surface area contributed by atoms with Gasteiger partial charge in [0.05, 0.1) is 30.7 Å². The maximum absolute atomic E-state index is 14.6. The average molecular weight is 713 g/mol. The van der Waals surface area contributed by atoms with E-state index in [0.29, 0.717) is 0 Å². The summed E-state index contributed by atoms with van der Waals surface area (Å²) in [5, 5.41) is 12.0. The van der Waals surface area contributed by atoms with E-state index >= 15 is 0 Å². The van der Waals surface area contributed by atoms with Gasteiger partial charge >= 0.3 is 6.18 Å². The molecule has 1 amide bonds.